The first-order valence-corrected chi connectivity index (χ1v) is 15.2. The molecule has 0 heterocycles. The third kappa shape index (κ3) is 6.99. The molecule has 0 aromatic heterocycles. The van der Waals surface area contributed by atoms with E-state index in [0.29, 0.717) is 22.3 Å². The van der Waals surface area contributed by atoms with E-state index in [0.717, 1.165) is 53.5 Å². The maximum absolute atomic E-state index is 13.3. The average molecular weight is 601 g/mol. The molecular formula is C38H36N2O5. The van der Waals surface area contributed by atoms with Crippen molar-refractivity contribution in [3.05, 3.63) is 114 Å². The number of nitrogens with zero attached hydrogens (tertiary/aromatic N) is 2. The summed E-state index contributed by atoms with van der Waals surface area (Å²) >= 11 is 0. The first kappa shape index (κ1) is 31.3. The van der Waals surface area contributed by atoms with Gasteiger partial charge in [-0.05, 0) is 98.3 Å². The van der Waals surface area contributed by atoms with Gasteiger partial charge in [0.25, 0.3) is 0 Å². The lowest BCUT2D eigenvalue weighted by Crippen LogP contribution is -2.18. The minimum absolute atomic E-state index is 0.0463. The SMILES string of the molecule is C=C(C)C(=O)c1cc(N(c2ccc(C(=O)/C(C)=N/OC(C)=O)cc2)c2ccc(C(=O)C3CCCCC3)cc2)c2ccccc2c1. The number of oxime groups is 1. The van der Waals surface area contributed by atoms with Crippen molar-refractivity contribution in [1.29, 1.82) is 0 Å². The fraction of sp³-hybridized carbons (Fsp3) is 0.237. The number of Topliss-reactive ketones (excluding diaryl/α,β-unsaturated/α-hetero) is 3. The van der Waals surface area contributed by atoms with Gasteiger partial charge in [0, 0.05) is 46.3 Å². The van der Waals surface area contributed by atoms with Crippen LogP contribution in [0.3, 0.4) is 0 Å². The zero-order valence-electron chi connectivity index (χ0n) is 25.8. The second-order valence-electron chi connectivity index (χ2n) is 11.5. The molecule has 0 amide bonds. The molecule has 7 heteroatoms. The van der Waals surface area contributed by atoms with Crippen LogP contribution in [0.15, 0.2) is 102 Å². The van der Waals surface area contributed by atoms with Crippen LogP contribution in [0.4, 0.5) is 17.1 Å². The highest BCUT2D eigenvalue weighted by atomic mass is 16.7. The van der Waals surface area contributed by atoms with Gasteiger partial charge in [0.2, 0.25) is 5.78 Å². The van der Waals surface area contributed by atoms with Gasteiger partial charge < -0.3 is 9.74 Å². The lowest BCUT2D eigenvalue weighted by Gasteiger charge is -2.28. The Hall–Kier alpha value is -5.17. The molecule has 1 aliphatic carbocycles. The molecule has 7 nitrogen and oxygen atoms in total. The van der Waals surface area contributed by atoms with Gasteiger partial charge in [-0.1, -0.05) is 55.3 Å². The largest absolute Gasteiger partial charge is 0.331 e. The monoisotopic (exact) mass is 600 g/mol. The summed E-state index contributed by atoms with van der Waals surface area (Å²) in [5.74, 6) is -0.897. The lowest BCUT2D eigenvalue weighted by molar-refractivity contribution is -0.140. The van der Waals surface area contributed by atoms with Gasteiger partial charge in [0.05, 0.1) is 5.69 Å². The van der Waals surface area contributed by atoms with Crippen molar-refractivity contribution in [3.8, 4) is 0 Å². The second kappa shape index (κ2) is 13.6. The topological polar surface area (TPSA) is 93.1 Å². The van der Waals surface area contributed by atoms with Crippen molar-refractivity contribution >= 4 is 56.9 Å². The van der Waals surface area contributed by atoms with Crippen LogP contribution in [0.25, 0.3) is 10.8 Å². The van der Waals surface area contributed by atoms with Crippen LogP contribution >= 0.6 is 0 Å². The Bertz CT molecular complexity index is 1810. The molecule has 1 saturated carbocycles. The molecule has 0 unspecified atom stereocenters. The molecule has 5 rings (SSSR count). The van der Waals surface area contributed by atoms with E-state index in [2.05, 4.69) is 16.6 Å². The number of fused-ring (bicyclic) bond motifs is 1. The molecule has 0 aliphatic heterocycles. The molecule has 0 spiro atoms. The normalized spacial score (nSPS) is 13.7. The van der Waals surface area contributed by atoms with E-state index in [4.69, 9.17) is 0 Å². The molecule has 228 valence electrons. The highest BCUT2D eigenvalue weighted by molar-refractivity contribution is 6.45. The smallest absolute Gasteiger partial charge is 0.318 e. The lowest BCUT2D eigenvalue weighted by atomic mass is 9.84. The average Bonchev–Trinajstić information content (AvgIpc) is 3.07. The number of benzene rings is 4. The number of hydrogen-bond acceptors (Lipinski definition) is 7. The first-order chi connectivity index (χ1) is 21.6. The van der Waals surface area contributed by atoms with Crippen LogP contribution in [-0.2, 0) is 9.63 Å². The van der Waals surface area contributed by atoms with Gasteiger partial charge in [0.1, 0.15) is 5.71 Å². The molecule has 4 aromatic rings. The zero-order chi connectivity index (χ0) is 32.1. The quantitative estimate of drug-likeness (QED) is 0.0593. The summed E-state index contributed by atoms with van der Waals surface area (Å²) in [6.45, 7) is 8.26. The van der Waals surface area contributed by atoms with Crippen LogP contribution in [0, 0.1) is 5.92 Å². The van der Waals surface area contributed by atoms with Crippen LogP contribution in [0.1, 0.15) is 83.9 Å². The van der Waals surface area contributed by atoms with Crippen molar-refractivity contribution in [3.63, 3.8) is 0 Å². The first-order valence-electron chi connectivity index (χ1n) is 15.2. The fourth-order valence-electron chi connectivity index (χ4n) is 5.80. The van der Waals surface area contributed by atoms with Crippen molar-refractivity contribution in [2.75, 3.05) is 4.90 Å². The molecule has 0 atom stereocenters. The van der Waals surface area contributed by atoms with Gasteiger partial charge in [-0.3, -0.25) is 14.4 Å². The Morgan fingerprint density at radius 1 is 0.733 bits per heavy atom. The van der Waals surface area contributed by atoms with Crippen molar-refractivity contribution in [2.45, 2.75) is 52.9 Å². The third-order valence-electron chi connectivity index (χ3n) is 8.14. The van der Waals surface area contributed by atoms with Gasteiger partial charge in [-0.2, -0.15) is 0 Å². The van der Waals surface area contributed by atoms with Gasteiger partial charge in [-0.25, -0.2) is 4.79 Å². The minimum atomic E-state index is -0.612. The number of carbonyl (C=O) groups is 4. The Kier molecular flexibility index (Phi) is 9.48. The van der Waals surface area contributed by atoms with Crippen LogP contribution in [-0.4, -0.2) is 29.0 Å². The molecule has 45 heavy (non-hydrogen) atoms. The predicted molar refractivity (Wildman–Crippen MR) is 178 cm³/mol. The summed E-state index contributed by atoms with van der Waals surface area (Å²) in [6, 6.07) is 26.2. The maximum atomic E-state index is 13.3. The molecule has 0 saturated heterocycles. The second-order valence-corrected chi connectivity index (χ2v) is 11.5. The fourth-order valence-corrected chi connectivity index (χ4v) is 5.80. The summed E-state index contributed by atoms with van der Waals surface area (Å²) in [5.41, 5.74) is 4.32. The predicted octanol–water partition coefficient (Wildman–Crippen LogP) is 8.95. The van der Waals surface area contributed by atoms with E-state index in [-0.39, 0.29) is 29.0 Å². The van der Waals surface area contributed by atoms with E-state index in [1.807, 2.05) is 77.7 Å². The summed E-state index contributed by atoms with van der Waals surface area (Å²) in [5, 5.41) is 5.43. The van der Waals surface area contributed by atoms with Crippen molar-refractivity contribution in [1.82, 2.24) is 0 Å². The third-order valence-corrected chi connectivity index (χ3v) is 8.14. The van der Waals surface area contributed by atoms with Gasteiger partial charge in [0.15, 0.2) is 11.6 Å². The standard InChI is InChI=1S/C38H36N2O5/c1-24(2)36(42)31-22-30-12-8-9-13-34(30)35(23-31)40(32-18-14-28(15-19-32)37(43)25(3)39-45-26(4)41)33-20-16-29(17-21-33)38(44)27-10-6-5-7-11-27/h8-9,12-23,27H,1,5-7,10-11H2,2-4H3/b39-25+. The van der Waals surface area contributed by atoms with E-state index >= 15 is 0 Å². The van der Waals surface area contributed by atoms with Crippen molar-refractivity contribution in [2.24, 2.45) is 11.1 Å². The molecule has 0 bridgehead atoms. The van der Waals surface area contributed by atoms with E-state index in [1.165, 1.54) is 20.3 Å². The van der Waals surface area contributed by atoms with E-state index < -0.39 is 5.97 Å². The Morgan fingerprint density at radius 2 is 1.33 bits per heavy atom. The Balaban J connectivity index is 1.61. The maximum Gasteiger partial charge on any atom is 0.331 e. The molecule has 0 N–H and O–H groups in total. The summed E-state index contributed by atoms with van der Waals surface area (Å²) in [6.07, 6.45) is 5.21. The highest BCUT2D eigenvalue weighted by Crippen LogP contribution is 2.40. The van der Waals surface area contributed by atoms with Gasteiger partial charge >= 0.3 is 5.97 Å². The zero-order valence-corrected chi connectivity index (χ0v) is 25.8. The number of carbonyl (C=O) groups excluding carboxylic acids is 4. The number of allylic oxidation sites excluding steroid dienone is 1. The molecular weight excluding hydrogens is 564 g/mol. The number of ketones is 3. The number of hydrogen-bond donors (Lipinski definition) is 0. The highest BCUT2D eigenvalue weighted by Gasteiger charge is 2.24. The summed E-state index contributed by atoms with van der Waals surface area (Å²) in [4.78, 5) is 57.2. The number of anilines is 3. The molecule has 1 fully saturated rings. The van der Waals surface area contributed by atoms with Crippen LogP contribution in [0.5, 0.6) is 0 Å². The Labute approximate surface area is 263 Å². The van der Waals surface area contributed by atoms with Crippen LogP contribution in [0.2, 0.25) is 0 Å². The summed E-state index contributed by atoms with van der Waals surface area (Å²) in [7, 11) is 0. The minimum Gasteiger partial charge on any atom is -0.318 e. The van der Waals surface area contributed by atoms with E-state index in [9.17, 15) is 19.2 Å². The Morgan fingerprint density at radius 3 is 1.93 bits per heavy atom. The summed E-state index contributed by atoms with van der Waals surface area (Å²) < 4.78 is 0. The molecule has 0 radical (unpaired) electrons. The number of rotatable bonds is 10. The molecule has 4 aromatic carbocycles. The van der Waals surface area contributed by atoms with E-state index in [1.54, 1.807) is 19.1 Å². The van der Waals surface area contributed by atoms with Gasteiger partial charge in [-0.15, -0.1) is 0 Å². The van der Waals surface area contributed by atoms with Crippen LogP contribution < -0.4 is 4.90 Å². The molecule has 1 aliphatic rings. The van der Waals surface area contributed by atoms with Crippen molar-refractivity contribution < 1.29 is 24.0 Å².